The number of rotatable bonds is 2. The van der Waals surface area contributed by atoms with E-state index in [-0.39, 0.29) is 10.7 Å². The lowest BCUT2D eigenvalue weighted by Crippen LogP contribution is -2.43. The molecule has 4 heteroatoms. The topological polar surface area (TPSA) is 29.5 Å². The van der Waals surface area contributed by atoms with Gasteiger partial charge < -0.3 is 9.64 Å². The molecule has 1 aliphatic heterocycles. The predicted octanol–water partition coefficient (Wildman–Crippen LogP) is 1.41. The van der Waals surface area contributed by atoms with E-state index >= 15 is 0 Å². The summed E-state index contributed by atoms with van der Waals surface area (Å²) in [6, 6.07) is 0. The normalized spacial score (nSPS) is 21.6. The molecular weight excluding hydrogens is 234 g/mol. The van der Waals surface area contributed by atoms with Crippen LogP contribution in [0.25, 0.3) is 0 Å². The highest BCUT2D eigenvalue weighted by Crippen LogP contribution is 2.15. The Morgan fingerprint density at radius 3 is 2.46 bits per heavy atom. The zero-order valence-electron chi connectivity index (χ0n) is 8.12. The molecule has 0 N–H and O–H groups in total. The molecule has 76 valence electrons. The summed E-state index contributed by atoms with van der Waals surface area (Å²) in [6.45, 7) is 3.52. The molecule has 1 fully saturated rings. The molecule has 0 aliphatic carbocycles. The number of nitrogens with zero attached hydrogens (tertiary/aromatic N) is 1. The van der Waals surface area contributed by atoms with Crippen molar-refractivity contribution in [3.63, 3.8) is 0 Å². The van der Waals surface area contributed by atoms with E-state index in [1.165, 1.54) is 0 Å². The number of carbonyl (C=O) groups is 1. The van der Waals surface area contributed by atoms with Gasteiger partial charge in [0.25, 0.3) is 0 Å². The Kier molecular flexibility index (Phi) is 4.19. The molecule has 1 unspecified atom stereocenters. The van der Waals surface area contributed by atoms with Gasteiger partial charge in [-0.05, 0) is 19.8 Å². The minimum Gasteiger partial charge on any atom is -0.381 e. The first-order chi connectivity index (χ1) is 6.15. The average Bonchev–Trinajstić information content (AvgIpc) is 2.17. The maximum absolute atomic E-state index is 11.5. The zero-order valence-corrected chi connectivity index (χ0v) is 9.71. The van der Waals surface area contributed by atoms with E-state index in [0.717, 1.165) is 25.9 Å². The van der Waals surface area contributed by atoms with Crippen molar-refractivity contribution in [3.05, 3.63) is 0 Å². The number of hydrogen-bond acceptors (Lipinski definition) is 2. The summed E-state index contributed by atoms with van der Waals surface area (Å²) < 4.78 is 5.23. The second-order valence-corrected chi connectivity index (χ2v) is 4.75. The molecule has 3 nitrogen and oxygen atoms in total. The van der Waals surface area contributed by atoms with Gasteiger partial charge in [-0.2, -0.15) is 0 Å². The SMILES string of the molecule is COC1CCN(C(=O)C(C)Br)CC1. The number of piperidine rings is 1. The molecule has 0 bridgehead atoms. The van der Waals surface area contributed by atoms with Crippen LogP contribution in [0, 0.1) is 0 Å². The fraction of sp³-hybridized carbons (Fsp3) is 0.889. The van der Waals surface area contributed by atoms with Crippen LogP contribution in [-0.2, 0) is 9.53 Å². The van der Waals surface area contributed by atoms with E-state index in [1.54, 1.807) is 7.11 Å². The quantitative estimate of drug-likeness (QED) is 0.693. The maximum Gasteiger partial charge on any atom is 0.236 e. The van der Waals surface area contributed by atoms with Crippen molar-refractivity contribution in [2.75, 3.05) is 20.2 Å². The third-order valence-corrected chi connectivity index (χ3v) is 2.82. The van der Waals surface area contributed by atoms with Crippen molar-refractivity contribution >= 4 is 21.8 Å². The third-order valence-electron chi connectivity index (χ3n) is 2.43. The van der Waals surface area contributed by atoms with Gasteiger partial charge in [0, 0.05) is 20.2 Å². The largest absolute Gasteiger partial charge is 0.381 e. The lowest BCUT2D eigenvalue weighted by molar-refractivity contribution is -0.132. The van der Waals surface area contributed by atoms with E-state index in [4.69, 9.17) is 4.74 Å². The Morgan fingerprint density at radius 1 is 1.54 bits per heavy atom. The molecule has 1 saturated heterocycles. The lowest BCUT2D eigenvalue weighted by atomic mass is 10.1. The molecule has 0 spiro atoms. The van der Waals surface area contributed by atoms with Crippen LogP contribution in [0.3, 0.4) is 0 Å². The summed E-state index contributed by atoms with van der Waals surface area (Å²) in [5.74, 6) is 0.189. The molecule has 0 aromatic rings. The van der Waals surface area contributed by atoms with Gasteiger partial charge >= 0.3 is 0 Å². The second-order valence-electron chi connectivity index (χ2n) is 3.38. The third kappa shape index (κ3) is 2.95. The number of likely N-dealkylation sites (tertiary alicyclic amines) is 1. The van der Waals surface area contributed by atoms with Crippen LogP contribution in [0.15, 0.2) is 0 Å². The summed E-state index contributed by atoms with van der Waals surface area (Å²) in [5.41, 5.74) is 0. The Morgan fingerprint density at radius 2 is 2.08 bits per heavy atom. The molecule has 0 aromatic carbocycles. The Hall–Kier alpha value is -0.0900. The highest BCUT2D eigenvalue weighted by Gasteiger charge is 2.24. The number of hydrogen-bond donors (Lipinski definition) is 0. The zero-order chi connectivity index (χ0) is 9.84. The first-order valence-electron chi connectivity index (χ1n) is 4.60. The number of amides is 1. The van der Waals surface area contributed by atoms with E-state index in [1.807, 2.05) is 11.8 Å². The van der Waals surface area contributed by atoms with Crippen LogP contribution in [0.2, 0.25) is 0 Å². The predicted molar refractivity (Wildman–Crippen MR) is 55.0 cm³/mol. The average molecular weight is 250 g/mol. The summed E-state index contributed by atoms with van der Waals surface area (Å²) in [4.78, 5) is 13.4. The van der Waals surface area contributed by atoms with E-state index in [0.29, 0.717) is 6.10 Å². The van der Waals surface area contributed by atoms with E-state index < -0.39 is 0 Å². The summed E-state index contributed by atoms with van der Waals surface area (Å²) in [5, 5.41) is 0. The molecular formula is C9H16BrNO2. The number of ether oxygens (including phenoxy) is 1. The number of methoxy groups -OCH3 is 1. The van der Waals surface area contributed by atoms with Crippen molar-refractivity contribution in [2.24, 2.45) is 0 Å². The van der Waals surface area contributed by atoms with Gasteiger partial charge in [0.1, 0.15) is 0 Å². The molecule has 1 amide bonds. The summed E-state index contributed by atoms with van der Waals surface area (Å²) in [6.07, 6.45) is 2.26. The van der Waals surface area contributed by atoms with Gasteiger partial charge in [0.2, 0.25) is 5.91 Å². The first kappa shape index (κ1) is 11.0. The van der Waals surface area contributed by atoms with Crippen LogP contribution in [0.1, 0.15) is 19.8 Å². The van der Waals surface area contributed by atoms with E-state index in [9.17, 15) is 4.79 Å². The lowest BCUT2D eigenvalue weighted by Gasteiger charge is -2.31. The van der Waals surface area contributed by atoms with Crippen molar-refractivity contribution in [1.29, 1.82) is 0 Å². The molecule has 1 atom stereocenters. The Labute approximate surface area is 87.6 Å². The Bertz CT molecular complexity index is 176. The number of alkyl halides is 1. The fourth-order valence-electron chi connectivity index (χ4n) is 1.56. The van der Waals surface area contributed by atoms with Crippen LogP contribution in [0.5, 0.6) is 0 Å². The van der Waals surface area contributed by atoms with Crippen LogP contribution >= 0.6 is 15.9 Å². The monoisotopic (exact) mass is 249 g/mol. The number of halogens is 1. The molecule has 1 heterocycles. The first-order valence-corrected chi connectivity index (χ1v) is 5.52. The van der Waals surface area contributed by atoms with Crippen molar-refractivity contribution in [1.82, 2.24) is 4.90 Å². The molecule has 0 saturated carbocycles. The smallest absolute Gasteiger partial charge is 0.236 e. The number of carbonyl (C=O) groups excluding carboxylic acids is 1. The molecule has 1 aliphatic rings. The molecule has 13 heavy (non-hydrogen) atoms. The van der Waals surface area contributed by atoms with Crippen molar-refractivity contribution in [2.45, 2.75) is 30.7 Å². The van der Waals surface area contributed by atoms with Crippen LogP contribution < -0.4 is 0 Å². The van der Waals surface area contributed by atoms with Crippen LogP contribution in [0.4, 0.5) is 0 Å². The standard InChI is InChI=1S/C9H16BrNO2/c1-7(10)9(12)11-5-3-8(13-2)4-6-11/h7-8H,3-6H2,1-2H3. The summed E-state index contributed by atoms with van der Waals surface area (Å²) >= 11 is 3.29. The van der Waals surface area contributed by atoms with E-state index in [2.05, 4.69) is 15.9 Å². The highest BCUT2D eigenvalue weighted by atomic mass is 79.9. The van der Waals surface area contributed by atoms with Crippen LogP contribution in [-0.4, -0.2) is 41.9 Å². The Balaban J connectivity index is 2.36. The van der Waals surface area contributed by atoms with Crippen molar-refractivity contribution in [3.8, 4) is 0 Å². The van der Waals surface area contributed by atoms with Gasteiger partial charge in [0.15, 0.2) is 0 Å². The molecule has 0 aromatic heterocycles. The summed E-state index contributed by atoms with van der Waals surface area (Å²) in [7, 11) is 1.73. The minimum atomic E-state index is -0.0633. The highest BCUT2D eigenvalue weighted by molar-refractivity contribution is 9.10. The fourth-order valence-corrected chi connectivity index (χ4v) is 1.85. The molecule has 1 rings (SSSR count). The van der Waals surface area contributed by atoms with Gasteiger partial charge in [0.05, 0.1) is 10.9 Å². The minimum absolute atomic E-state index is 0.0633. The van der Waals surface area contributed by atoms with Gasteiger partial charge in [-0.1, -0.05) is 15.9 Å². The van der Waals surface area contributed by atoms with Gasteiger partial charge in [-0.3, -0.25) is 4.79 Å². The van der Waals surface area contributed by atoms with Crippen molar-refractivity contribution < 1.29 is 9.53 Å². The van der Waals surface area contributed by atoms with Gasteiger partial charge in [-0.15, -0.1) is 0 Å². The maximum atomic E-state index is 11.5. The molecule has 0 radical (unpaired) electrons. The second kappa shape index (κ2) is 4.96. The van der Waals surface area contributed by atoms with Gasteiger partial charge in [-0.25, -0.2) is 0 Å².